The average Bonchev–Trinajstić information content (AvgIpc) is 3.27. The Kier molecular flexibility index (Phi) is 6.42. The second-order valence-corrected chi connectivity index (χ2v) is 7.68. The zero-order valence-corrected chi connectivity index (χ0v) is 18.8. The second kappa shape index (κ2) is 9.29. The number of alkyl halides is 3. The lowest BCUT2D eigenvalue weighted by Gasteiger charge is -2.37. The number of ether oxygens (including phenoxy) is 1. The number of hydrogen-bond acceptors (Lipinski definition) is 7. The average molecular weight is 476 g/mol. The lowest BCUT2D eigenvalue weighted by Crippen LogP contribution is -2.47. The van der Waals surface area contributed by atoms with Crippen molar-refractivity contribution < 1.29 is 27.2 Å². The minimum absolute atomic E-state index is 0.0760. The van der Waals surface area contributed by atoms with Gasteiger partial charge in [0.25, 0.3) is 5.89 Å². The number of rotatable bonds is 7. The van der Waals surface area contributed by atoms with Gasteiger partial charge in [-0.1, -0.05) is 17.3 Å². The van der Waals surface area contributed by atoms with Crippen LogP contribution in [0.1, 0.15) is 23.9 Å². The number of amides is 2. The summed E-state index contributed by atoms with van der Waals surface area (Å²) in [6.45, 7) is 2.72. The Hall–Kier alpha value is -3.67. The molecule has 34 heavy (non-hydrogen) atoms. The highest BCUT2D eigenvalue weighted by Gasteiger charge is 2.32. The number of nitrogens with zero attached hydrogens (tertiary/aromatic N) is 5. The van der Waals surface area contributed by atoms with Gasteiger partial charge in [0.2, 0.25) is 5.82 Å². The first kappa shape index (κ1) is 23.5. The number of aryl methyl sites for hydroxylation is 1. The predicted molar refractivity (Wildman–Crippen MR) is 119 cm³/mol. The van der Waals surface area contributed by atoms with Crippen LogP contribution >= 0.6 is 0 Å². The summed E-state index contributed by atoms with van der Waals surface area (Å²) >= 11 is 0. The van der Waals surface area contributed by atoms with Crippen molar-refractivity contribution in [2.75, 3.05) is 35.3 Å². The summed E-state index contributed by atoms with van der Waals surface area (Å²) in [4.78, 5) is 25.2. The van der Waals surface area contributed by atoms with E-state index in [0.717, 1.165) is 16.8 Å². The molecule has 0 saturated carbocycles. The van der Waals surface area contributed by atoms with E-state index < -0.39 is 19.4 Å². The quantitative estimate of drug-likeness (QED) is 0.535. The van der Waals surface area contributed by atoms with E-state index in [-0.39, 0.29) is 17.7 Å². The van der Waals surface area contributed by atoms with Crippen LogP contribution in [0.15, 0.2) is 35.0 Å². The first-order valence-corrected chi connectivity index (χ1v) is 10.5. The summed E-state index contributed by atoms with van der Waals surface area (Å²) < 4.78 is 46.4. The van der Waals surface area contributed by atoms with E-state index in [0.29, 0.717) is 30.2 Å². The third-order valence-electron chi connectivity index (χ3n) is 5.33. The van der Waals surface area contributed by atoms with Crippen molar-refractivity contribution >= 4 is 23.2 Å². The van der Waals surface area contributed by atoms with Crippen molar-refractivity contribution in [1.82, 2.24) is 15.1 Å². The van der Waals surface area contributed by atoms with Crippen LogP contribution in [0.5, 0.6) is 0 Å². The number of urea groups is 1. The first-order valence-electron chi connectivity index (χ1n) is 10.5. The van der Waals surface area contributed by atoms with Crippen molar-refractivity contribution in [3.63, 3.8) is 0 Å². The highest BCUT2D eigenvalue weighted by atomic mass is 19.4. The molecule has 0 unspecified atom stereocenters. The van der Waals surface area contributed by atoms with E-state index in [1.54, 1.807) is 35.2 Å². The van der Waals surface area contributed by atoms with Gasteiger partial charge >= 0.3 is 12.2 Å². The van der Waals surface area contributed by atoms with Gasteiger partial charge in [-0.3, -0.25) is 9.80 Å². The van der Waals surface area contributed by atoms with Gasteiger partial charge in [-0.15, -0.1) is 0 Å². The number of nitrogens with one attached hydrogen (secondary N) is 1. The molecular formula is C22H23F3N6O3. The maximum atomic E-state index is 13.4. The number of benzene rings is 1. The molecule has 1 N–H and O–H groups in total. The summed E-state index contributed by atoms with van der Waals surface area (Å²) in [7, 11) is 1.77. The molecule has 1 aliphatic heterocycles. The third kappa shape index (κ3) is 4.81. The van der Waals surface area contributed by atoms with Crippen LogP contribution in [-0.4, -0.2) is 47.5 Å². The molecule has 0 saturated heterocycles. The van der Waals surface area contributed by atoms with E-state index >= 15 is 0 Å². The number of anilines is 3. The molecule has 4 rings (SSSR count). The first-order chi connectivity index (χ1) is 16.2. The number of aromatic nitrogens is 3. The van der Waals surface area contributed by atoms with Crippen LogP contribution in [0, 0.1) is 6.92 Å². The number of fused-ring (bicyclic) bond motifs is 1. The van der Waals surface area contributed by atoms with Crippen LogP contribution in [0.2, 0.25) is 0 Å². The second-order valence-electron chi connectivity index (χ2n) is 7.68. The minimum atomic E-state index is -4.44. The molecule has 0 fully saturated rings. The van der Waals surface area contributed by atoms with E-state index in [9.17, 15) is 18.0 Å². The van der Waals surface area contributed by atoms with Crippen LogP contribution in [0.3, 0.4) is 0 Å². The van der Waals surface area contributed by atoms with Gasteiger partial charge in [0.15, 0.2) is 0 Å². The fourth-order valence-electron chi connectivity index (χ4n) is 3.69. The molecule has 180 valence electrons. The Bertz CT molecular complexity index is 1200. The molecular weight excluding hydrogens is 453 g/mol. The smallest absolute Gasteiger partial charge is 0.373 e. The van der Waals surface area contributed by atoms with Crippen LogP contribution < -0.4 is 15.1 Å². The number of carbonyl (C=O) groups excluding carboxylic acids is 1. The maximum Gasteiger partial charge on any atom is 0.411 e. The minimum Gasteiger partial charge on any atom is -0.373 e. The normalized spacial score (nSPS) is 13.9. The fourth-order valence-corrected chi connectivity index (χ4v) is 3.69. The highest BCUT2D eigenvalue weighted by Crippen LogP contribution is 2.35. The summed E-state index contributed by atoms with van der Waals surface area (Å²) in [6, 6.07) is 7.00. The van der Waals surface area contributed by atoms with Gasteiger partial charge in [-0.25, -0.2) is 9.78 Å². The Labute approximate surface area is 193 Å². The summed E-state index contributed by atoms with van der Waals surface area (Å²) in [5, 5.41) is 6.83. The van der Waals surface area contributed by atoms with E-state index in [2.05, 4.69) is 25.2 Å². The maximum absolute atomic E-state index is 13.4. The Morgan fingerprint density at radius 3 is 2.74 bits per heavy atom. The molecule has 9 nitrogen and oxygen atoms in total. The summed E-state index contributed by atoms with van der Waals surface area (Å²) in [5.41, 5.74) is 3.77. The highest BCUT2D eigenvalue weighted by molar-refractivity contribution is 6.06. The monoisotopic (exact) mass is 476 g/mol. The summed E-state index contributed by atoms with van der Waals surface area (Å²) in [5.74, 6) is 0.779. The lowest BCUT2D eigenvalue weighted by atomic mass is 10.1. The van der Waals surface area contributed by atoms with Crippen LogP contribution in [0.25, 0.3) is 11.4 Å². The van der Waals surface area contributed by atoms with Gasteiger partial charge < -0.3 is 14.6 Å². The van der Waals surface area contributed by atoms with Gasteiger partial charge in [0.05, 0.1) is 12.2 Å². The van der Waals surface area contributed by atoms with Gasteiger partial charge in [-0.2, -0.15) is 18.2 Å². The molecule has 0 aliphatic carbocycles. The standard InChI is InChI=1S/C22H23F3N6O3/c1-4-30-17-8-18(26-3)27-9-15(17)10-31(21(30)32)16-7-14(6-5-13(16)2)20-28-19(34-29-20)11-33-12-22(23,24)25/h5-9H,4,10-12H2,1-3H3,(H,26,27). The molecule has 0 spiro atoms. The Balaban J connectivity index is 1.60. The van der Waals surface area contributed by atoms with Crippen molar-refractivity contribution in [2.45, 2.75) is 33.2 Å². The molecule has 0 radical (unpaired) electrons. The SMILES string of the molecule is CCN1C(=O)N(c2cc(-c3noc(COCC(F)(F)F)n3)ccc2C)Cc2cnc(NC)cc21. The molecule has 2 aromatic heterocycles. The molecule has 3 heterocycles. The molecule has 0 atom stereocenters. The molecule has 2 amide bonds. The molecule has 1 aromatic carbocycles. The lowest BCUT2D eigenvalue weighted by molar-refractivity contribution is -0.178. The van der Waals surface area contributed by atoms with Crippen LogP contribution in [-0.2, 0) is 17.9 Å². The number of carbonyl (C=O) groups is 1. The van der Waals surface area contributed by atoms with Gasteiger partial charge in [0, 0.05) is 42.7 Å². The molecule has 1 aliphatic rings. The molecule has 12 heteroatoms. The zero-order chi connectivity index (χ0) is 24.5. The largest absolute Gasteiger partial charge is 0.411 e. The Morgan fingerprint density at radius 1 is 1.24 bits per heavy atom. The van der Waals surface area contributed by atoms with E-state index in [4.69, 9.17) is 4.52 Å². The number of halogens is 3. The van der Waals surface area contributed by atoms with E-state index in [1.807, 2.05) is 26.0 Å². The summed E-state index contributed by atoms with van der Waals surface area (Å²) in [6.07, 6.45) is -2.69. The fraction of sp³-hybridized carbons (Fsp3) is 0.364. The molecule has 3 aromatic rings. The van der Waals surface area contributed by atoms with Gasteiger partial charge in [0.1, 0.15) is 19.0 Å². The van der Waals surface area contributed by atoms with Crippen molar-refractivity contribution in [3.8, 4) is 11.4 Å². The zero-order valence-electron chi connectivity index (χ0n) is 18.8. The van der Waals surface area contributed by atoms with Crippen molar-refractivity contribution in [1.29, 1.82) is 0 Å². The Morgan fingerprint density at radius 2 is 2.03 bits per heavy atom. The third-order valence-corrected chi connectivity index (χ3v) is 5.33. The number of pyridine rings is 1. The van der Waals surface area contributed by atoms with Gasteiger partial charge in [-0.05, 0) is 25.5 Å². The van der Waals surface area contributed by atoms with Crippen molar-refractivity contribution in [2.24, 2.45) is 0 Å². The van der Waals surface area contributed by atoms with Crippen molar-refractivity contribution in [3.05, 3.63) is 47.5 Å². The van der Waals surface area contributed by atoms with E-state index in [1.165, 1.54) is 0 Å². The molecule has 0 bridgehead atoms. The predicted octanol–water partition coefficient (Wildman–Crippen LogP) is 4.53. The number of hydrogen-bond donors (Lipinski definition) is 1. The van der Waals surface area contributed by atoms with Crippen LogP contribution in [0.4, 0.5) is 35.2 Å². The topological polar surface area (TPSA) is 96.6 Å².